The Morgan fingerprint density at radius 3 is 2.00 bits per heavy atom. The Hall–Kier alpha value is -0.650. The van der Waals surface area contributed by atoms with E-state index in [9.17, 15) is 4.79 Å². The predicted molar refractivity (Wildman–Crippen MR) is 132 cm³/mol. The van der Waals surface area contributed by atoms with Crippen LogP contribution in [0.1, 0.15) is 92.4 Å². The Morgan fingerprint density at radius 2 is 1.61 bits per heavy atom. The molecule has 1 spiro atoms. The van der Waals surface area contributed by atoms with Gasteiger partial charge in [-0.25, -0.2) is 0 Å². The summed E-state index contributed by atoms with van der Waals surface area (Å²) in [4.78, 5) is 15.3. The summed E-state index contributed by atoms with van der Waals surface area (Å²) in [6.45, 7) is 15.4. The molecule has 0 aromatic carbocycles. The van der Waals surface area contributed by atoms with Crippen LogP contribution in [0.4, 0.5) is 0 Å². The molecule has 184 valence electrons. The van der Waals surface area contributed by atoms with E-state index < -0.39 is 12.0 Å². The van der Waals surface area contributed by atoms with Crippen LogP contribution in [0, 0.1) is 22.7 Å². The molecule has 3 aliphatic rings. The summed E-state index contributed by atoms with van der Waals surface area (Å²) in [6.07, 6.45) is 11.7. The SMILES string of the molecule is CC.CC1CC2(CCN(CCC(N)C(=O)O)CC2)C1.CCC1(CCN(C)C)CC(C)C1. The maximum atomic E-state index is 10.6. The summed E-state index contributed by atoms with van der Waals surface area (Å²) in [6, 6.07) is -0.699. The second-order valence-electron chi connectivity index (χ2n) is 11.0. The average Bonchev–Trinajstić information content (AvgIpc) is 2.70. The molecule has 3 N–H and O–H groups in total. The third kappa shape index (κ3) is 9.01. The molecule has 2 aliphatic carbocycles. The lowest BCUT2D eigenvalue weighted by molar-refractivity contribution is -0.138. The van der Waals surface area contributed by atoms with Gasteiger partial charge in [-0.15, -0.1) is 0 Å². The molecule has 5 nitrogen and oxygen atoms in total. The molecule has 3 fully saturated rings. The van der Waals surface area contributed by atoms with Gasteiger partial charge in [-0.3, -0.25) is 4.79 Å². The van der Waals surface area contributed by atoms with Gasteiger partial charge >= 0.3 is 5.97 Å². The number of hydrogen-bond donors (Lipinski definition) is 2. The lowest BCUT2D eigenvalue weighted by atomic mass is 9.58. The van der Waals surface area contributed by atoms with Gasteiger partial charge in [-0.05, 0) is 108 Å². The number of likely N-dealkylation sites (tertiary alicyclic amines) is 1. The molecular weight excluding hydrogens is 386 g/mol. The van der Waals surface area contributed by atoms with Crippen LogP contribution in [0.2, 0.25) is 0 Å². The number of carbonyl (C=O) groups is 1. The number of piperidine rings is 1. The Kier molecular flexibility index (Phi) is 12.0. The van der Waals surface area contributed by atoms with Crippen LogP contribution in [-0.2, 0) is 4.79 Å². The third-order valence-electron chi connectivity index (χ3n) is 7.96. The molecule has 2 saturated carbocycles. The standard InChI is InChI=1S/C13H24N2O2.C11H23N.C2H6/c1-10-8-13(9-10)3-6-15(7-4-13)5-2-11(14)12(16)17;1-5-11(6-7-12(3)4)8-10(2)9-11;1-2/h10-11H,2-9,14H2,1H3,(H,16,17);10H,5-9H2,1-4H3;1-2H3. The quantitative estimate of drug-likeness (QED) is 0.551. The summed E-state index contributed by atoms with van der Waals surface area (Å²) < 4.78 is 0. The maximum absolute atomic E-state index is 10.6. The Labute approximate surface area is 193 Å². The van der Waals surface area contributed by atoms with Gasteiger partial charge in [-0.1, -0.05) is 41.0 Å². The highest BCUT2D eigenvalue weighted by Gasteiger charge is 2.43. The normalized spacial score (nSPS) is 28.5. The van der Waals surface area contributed by atoms with Crippen molar-refractivity contribution >= 4 is 5.97 Å². The van der Waals surface area contributed by atoms with Gasteiger partial charge in [-0.2, -0.15) is 0 Å². The largest absolute Gasteiger partial charge is 0.480 e. The van der Waals surface area contributed by atoms with Gasteiger partial charge in [0.2, 0.25) is 0 Å². The lowest BCUT2D eigenvalue weighted by Crippen LogP contribution is -2.47. The van der Waals surface area contributed by atoms with Crippen molar-refractivity contribution < 1.29 is 9.90 Å². The van der Waals surface area contributed by atoms with E-state index in [4.69, 9.17) is 10.8 Å². The minimum Gasteiger partial charge on any atom is -0.480 e. The van der Waals surface area contributed by atoms with E-state index in [0.717, 1.165) is 36.9 Å². The van der Waals surface area contributed by atoms with E-state index >= 15 is 0 Å². The van der Waals surface area contributed by atoms with Crippen LogP contribution >= 0.6 is 0 Å². The molecule has 0 aromatic heterocycles. The monoisotopic (exact) mass is 439 g/mol. The van der Waals surface area contributed by atoms with E-state index in [2.05, 4.69) is 44.7 Å². The molecule has 1 unspecified atom stereocenters. The maximum Gasteiger partial charge on any atom is 0.320 e. The number of aliphatic carboxylic acids is 1. The summed E-state index contributed by atoms with van der Waals surface area (Å²) >= 11 is 0. The van der Waals surface area contributed by atoms with Crippen molar-refractivity contribution in [2.45, 2.75) is 98.4 Å². The van der Waals surface area contributed by atoms with Gasteiger partial charge in [0.05, 0.1) is 0 Å². The Balaban J connectivity index is 0.000000303. The summed E-state index contributed by atoms with van der Waals surface area (Å²) in [5.74, 6) is 1.03. The van der Waals surface area contributed by atoms with Crippen LogP contribution in [0.5, 0.6) is 0 Å². The van der Waals surface area contributed by atoms with E-state index in [1.165, 1.54) is 57.9 Å². The minimum atomic E-state index is -0.883. The van der Waals surface area contributed by atoms with Crippen LogP contribution in [0.3, 0.4) is 0 Å². The van der Waals surface area contributed by atoms with Gasteiger partial charge in [0.25, 0.3) is 0 Å². The van der Waals surface area contributed by atoms with Crippen LogP contribution < -0.4 is 5.73 Å². The molecule has 0 amide bonds. The first-order valence-electron chi connectivity index (χ1n) is 12.9. The second kappa shape index (κ2) is 13.2. The first-order chi connectivity index (χ1) is 14.6. The lowest BCUT2D eigenvalue weighted by Gasteiger charge is -2.51. The van der Waals surface area contributed by atoms with E-state index in [0.29, 0.717) is 11.8 Å². The van der Waals surface area contributed by atoms with Gasteiger partial charge < -0.3 is 20.6 Å². The summed E-state index contributed by atoms with van der Waals surface area (Å²) in [7, 11) is 4.34. The van der Waals surface area contributed by atoms with Crippen molar-refractivity contribution in [1.29, 1.82) is 0 Å². The van der Waals surface area contributed by atoms with Crippen molar-refractivity contribution in [2.24, 2.45) is 28.4 Å². The number of carboxylic acids is 1. The fourth-order valence-corrected chi connectivity index (χ4v) is 6.07. The summed E-state index contributed by atoms with van der Waals surface area (Å²) in [5.41, 5.74) is 6.89. The van der Waals surface area contributed by atoms with Gasteiger partial charge in [0.15, 0.2) is 0 Å². The van der Waals surface area contributed by atoms with Crippen molar-refractivity contribution in [3.63, 3.8) is 0 Å². The van der Waals surface area contributed by atoms with Crippen molar-refractivity contribution in [2.75, 3.05) is 40.3 Å². The molecule has 31 heavy (non-hydrogen) atoms. The number of nitrogens with two attached hydrogens (primary N) is 1. The average molecular weight is 440 g/mol. The van der Waals surface area contributed by atoms with Crippen LogP contribution in [0.15, 0.2) is 0 Å². The van der Waals surface area contributed by atoms with Gasteiger partial charge in [0.1, 0.15) is 6.04 Å². The highest BCUT2D eigenvalue weighted by molar-refractivity contribution is 5.72. The first kappa shape index (κ1) is 28.4. The highest BCUT2D eigenvalue weighted by Crippen LogP contribution is 2.52. The molecule has 1 atom stereocenters. The number of hydrogen-bond acceptors (Lipinski definition) is 4. The molecule has 0 aromatic rings. The van der Waals surface area contributed by atoms with Crippen molar-refractivity contribution in [3.8, 4) is 0 Å². The van der Waals surface area contributed by atoms with E-state index in [1.807, 2.05) is 13.8 Å². The molecule has 5 heteroatoms. The molecule has 3 rings (SSSR count). The fraction of sp³-hybridized carbons (Fsp3) is 0.962. The van der Waals surface area contributed by atoms with Crippen LogP contribution in [-0.4, -0.2) is 67.2 Å². The molecule has 1 heterocycles. The topological polar surface area (TPSA) is 69.8 Å². The van der Waals surface area contributed by atoms with Crippen molar-refractivity contribution in [1.82, 2.24) is 9.80 Å². The van der Waals surface area contributed by atoms with E-state index in [-0.39, 0.29) is 0 Å². The Morgan fingerprint density at radius 1 is 1.10 bits per heavy atom. The summed E-state index contributed by atoms with van der Waals surface area (Å²) in [5, 5.41) is 8.73. The predicted octanol–water partition coefficient (Wildman–Crippen LogP) is 5.09. The molecule has 0 bridgehead atoms. The molecule has 1 saturated heterocycles. The number of nitrogens with zero attached hydrogens (tertiary/aromatic N) is 2. The van der Waals surface area contributed by atoms with Gasteiger partial charge in [0, 0.05) is 6.54 Å². The zero-order chi connectivity index (χ0) is 23.7. The smallest absolute Gasteiger partial charge is 0.320 e. The first-order valence-corrected chi connectivity index (χ1v) is 12.9. The number of carboxylic acid groups (broad SMARTS) is 1. The number of rotatable bonds is 8. The molecule has 1 aliphatic heterocycles. The molecule has 0 radical (unpaired) electrons. The minimum absolute atomic E-state index is 0.568. The zero-order valence-electron chi connectivity index (χ0n) is 21.8. The highest BCUT2D eigenvalue weighted by atomic mass is 16.4. The zero-order valence-corrected chi connectivity index (χ0v) is 21.8. The van der Waals surface area contributed by atoms with Crippen molar-refractivity contribution in [3.05, 3.63) is 0 Å². The second-order valence-corrected chi connectivity index (χ2v) is 11.0. The van der Waals surface area contributed by atoms with E-state index in [1.54, 1.807) is 0 Å². The van der Waals surface area contributed by atoms with Crippen LogP contribution in [0.25, 0.3) is 0 Å². The fourth-order valence-electron chi connectivity index (χ4n) is 6.07. The Bertz CT molecular complexity index is 501. The third-order valence-corrected chi connectivity index (χ3v) is 7.96. The molecular formula is C26H53N3O2.